The Kier molecular flexibility index (Phi) is 1.95. The second-order valence-corrected chi connectivity index (χ2v) is 4.76. The fourth-order valence-electron chi connectivity index (χ4n) is 0.862. The highest BCUT2D eigenvalue weighted by atomic mass is 127. The van der Waals surface area contributed by atoms with Gasteiger partial charge < -0.3 is 0 Å². The molecule has 0 spiro atoms. The van der Waals surface area contributed by atoms with Crippen LogP contribution in [0.4, 0.5) is 0 Å². The van der Waals surface area contributed by atoms with Crippen molar-refractivity contribution in [2.75, 3.05) is 0 Å². The Bertz CT molecular complexity index is 339. The lowest BCUT2D eigenvalue weighted by molar-refractivity contribution is 0.881. The Balaban J connectivity index is 2.53. The standard InChI is InChI=1S/C7H5IN2S/c8-7-6(2-5-11-7)10-4-1-3-9-10/h1-5H. The van der Waals surface area contributed by atoms with Gasteiger partial charge in [0.1, 0.15) is 0 Å². The smallest absolute Gasteiger partial charge is 0.0910 e. The van der Waals surface area contributed by atoms with Gasteiger partial charge in [0.15, 0.2) is 0 Å². The maximum atomic E-state index is 4.14. The summed E-state index contributed by atoms with van der Waals surface area (Å²) in [6, 6.07) is 3.99. The van der Waals surface area contributed by atoms with E-state index in [9.17, 15) is 0 Å². The number of rotatable bonds is 1. The fourth-order valence-corrected chi connectivity index (χ4v) is 2.33. The molecule has 2 aromatic rings. The Hall–Kier alpha value is -0.360. The third-order valence-electron chi connectivity index (χ3n) is 1.35. The van der Waals surface area contributed by atoms with Gasteiger partial charge in [-0.15, -0.1) is 11.3 Å². The van der Waals surface area contributed by atoms with Gasteiger partial charge in [-0.05, 0) is 40.1 Å². The number of hydrogen-bond donors (Lipinski definition) is 0. The number of hydrogen-bond acceptors (Lipinski definition) is 2. The minimum atomic E-state index is 1.17. The van der Waals surface area contributed by atoms with Crippen LogP contribution in [0.3, 0.4) is 0 Å². The van der Waals surface area contributed by atoms with E-state index in [4.69, 9.17) is 0 Å². The summed E-state index contributed by atoms with van der Waals surface area (Å²) in [7, 11) is 0. The van der Waals surface area contributed by atoms with E-state index >= 15 is 0 Å². The van der Waals surface area contributed by atoms with Crippen molar-refractivity contribution in [3.05, 3.63) is 32.8 Å². The maximum Gasteiger partial charge on any atom is 0.0910 e. The average Bonchev–Trinajstić information content (AvgIpc) is 2.55. The lowest BCUT2D eigenvalue weighted by atomic mass is 10.5. The van der Waals surface area contributed by atoms with E-state index < -0.39 is 0 Å². The zero-order valence-corrected chi connectivity index (χ0v) is 8.54. The Labute approximate surface area is 82.0 Å². The number of halogens is 1. The predicted molar refractivity (Wildman–Crippen MR) is 54.2 cm³/mol. The monoisotopic (exact) mass is 276 g/mol. The highest BCUT2D eigenvalue weighted by Gasteiger charge is 2.01. The quantitative estimate of drug-likeness (QED) is 0.732. The SMILES string of the molecule is Ic1sccc1-n1cccn1. The van der Waals surface area contributed by atoms with Crippen molar-refractivity contribution in [1.29, 1.82) is 0 Å². The summed E-state index contributed by atoms with van der Waals surface area (Å²) in [5, 5.41) is 6.21. The van der Waals surface area contributed by atoms with E-state index in [1.165, 1.54) is 8.57 Å². The molecular weight excluding hydrogens is 271 g/mol. The van der Waals surface area contributed by atoms with E-state index in [1.807, 2.05) is 16.9 Å². The van der Waals surface area contributed by atoms with Crippen LogP contribution in [0.25, 0.3) is 5.69 Å². The summed E-state index contributed by atoms with van der Waals surface area (Å²) < 4.78 is 3.14. The molecule has 0 radical (unpaired) electrons. The molecule has 0 aliphatic rings. The highest BCUT2D eigenvalue weighted by Crippen LogP contribution is 2.21. The highest BCUT2D eigenvalue weighted by molar-refractivity contribution is 14.1. The van der Waals surface area contributed by atoms with Crippen LogP contribution in [0.2, 0.25) is 0 Å². The van der Waals surface area contributed by atoms with Crippen LogP contribution in [0.5, 0.6) is 0 Å². The maximum absolute atomic E-state index is 4.14. The first-order chi connectivity index (χ1) is 5.38. The second kappa shape index (κ2) is 2.94. The molecule has 0 fully saturated rings. The minimum absolute atomic E-state index is 1.17. The second-order valence-electron chi connectivity index (χ2n) is 2.03. The molecule has 0 aliphatic heterocycles. The van der Waals surface area contributed by atoms with Gasteiger partial charge in [0.05, 0.1) is 8.57 Å². The largest absolute Gasteiger partial charge is 0.239 e. The third kappa shape index (κ3) is 1.32. The van der Waals surface area contributed by atoms with Crippen molar-refractivity contribution in [3.8, 4) is 5.69 Å². The van der Waals surface area contributed by atoms with Gasteiger partial charge in [0, 0.05) is 12.4 Å². The number of aromatic nitrogens is 2. The third-order valence-corrected chi connectivity index (χ3v) is 3.35. The summed E-state index contributed by atoms with van der Waals surface area (Å²) in [5.74, 6) is 0. The van der Waals surface area contributed by atoms with Crippen molar-refractivity contribution in [2.24, 2.45) is 0 Å². The van der Waals surface area contributed by atoms with Crippen LogP contribution in [-0.2, 0) is 0 Å². The molecular formula is C7H5IN2S. The molecule has 0 N–H and O–H groups in total. The van der Waals surface area contributed by atoms with Crippen molar-refractivity contribution in [2.45, 2.75) is 0 Å². The molecule has 11 heavy (non-hydrogen) atoms. The summed E-state index contributed by atoms with van der Waals surface area (Å²) in [6.07, 6.45) is 3.73. The first kappa shape index (κ1) is 7.30. The van der Waals surface area contributed by atoms with Crippen molar-refractivity contribution in [1.82, 2.24) is 9.78 Å². The average molecular weight is 276 g/mol. The zero-order valence-electron chi connectivity index (χ0n) is 5.57. The topological polar surface area (TPSA) is 17.8 Å². The molecule has 2 heterocycles. The summed E-state index contributed by atoms with van der Waals surface area (Å²) in [4.78, 5) is 0. The Morgan fingerprint density at radius 1 is 1.55 bits per heavy atom. The molecule has 0 aliphatic carbocycles. The normalized spacial score (nSPS) is 10.3. The minimum Gasteiger partial charge on any atom is -0.239 e. The van der Waals surface area contributed by atoms with Gasteiger partial charge >= 0.3 is 0 Å². The van der Waals surface area contributed by atoms with Gasteiger partial charge in [-0.3, -0.25) is 0 Å². The molecule has 0 atom stereocenters. The van der Waals surface area contributed by atoms with Crippen LogP contribution in [-0.4, -0.2) is 9.78 Å². The molecule has 2 aromatic heterocycles. The fraction of sp³-hybridized carbons (Fsp3) is 0. The van der Waals surface area contributed by atoms with Gasteiger partial charge in [-0.1, -0.05) is 0 Å². The molecule has 2 rings (SSSR count). The van der Waals surface area contributed by atoms with Crippen molar-refractivity contribution < 1.29 is 0 Å². The first-order valence-corrected chi connectivity index (χ1v) is 5.07. The van der Waals surface area contributed by atoms with Crippen LogP contribution in [0.1, 0.15) is 0 Å². The molecule has 0 aromatic carbocycles. The molecule has 56 valence electrons. The molecule has 0 amide bonds. The predicted octanol–water partition coefficient (Wildman–Crippen LogP) is 2.54. The van der Waals surface area contributed by atoms with Gasteiger partial charge in [-0.2, -0.15) is 5.10 Å². The molecule has 0 bridgehead atoms. The zero-order chi connectivity index (χ0) is 7.68. The number of thiophene rings is 1. The van der Waals surface area contributed by atoms with E-state index in [0.717, 1.165) is 0 Å². The molecule has 0 saturated heterocycles. The number of nitrogens with zero attached hydrogens (tertiary/aromatic N) is 2. The van der Waals surface area contributed by atoms with Gasteiger partial charge in [0.25, 0.3) is 0 Å². The van der Waals surface area contributed by atoms with E-state index in [2.05, 4.69) is 39.1 Å². The van der Waals surface area contributed by atoms with Gasteiger partial charge in [0.2, 0.25) is 0 Å². The first-order valence-electron chi connectivity index (χ1n) is 3.11. The lowest BCUT2D eigenvalue weighted by Crippen LogP contribution is -1.92. The van der Waals surface area contributed by atoms with Crippen LogP contribution < -0.4 is 0 Å². The molecule has 2 nitrogen and oxygen atoms in total. The van der Waals surface area contributed by atoms with E-state index in [0.29, 0.717) is 0 Å². The molecule has 0 unspecified atom stereocenters. The van der Waals surface area contributed by atoms with Crippen LogP contribution >= 0.6 is 33.9 Å². The summed E-state index contributed by atoms with van der Waals surface area (Å²) in [6.45, 7) is 0. The van der Waals surface area contributed by atoms with Gasteiger partial charge in [-0.25, -0.2) is 4.68 Å². The van der Waals surface area contributed by atoms with Crippen molar-refractivity contribution in [3.63, 3.8) is 0 Å². The van der Waals surface area contributed by atoms with E-state index in [-0.39, 0.29) is 0 Å². The summed E-state index contributed by atoms with van der Waals surface area (Å²) >= 11 is 4.04. The lowest BCUT2D eigenvalue weighted by Gasteiger charge is -1.95. The van der Waals surface area contributed by atoms with Crippen LogP contribution in [0.15, 0.2) is 29.9 Å². The van der Waals surface area contributed by atoms with E-state index in [1.54, 1.807) is 17.5 Å². The molecule has 0 saturated carbocycles. The Morgan fingerprint density at radius 2 is 2.45 bits per heavy atom. The Morgan fingerprint density at radius 3 is 3.00 bits per heavy atom. The summed E-state index contributed by atoms with van der Waals surface area (Å²) in [5.41, 5.74) is 1.17. The van der Waals surface area contributed by atoms with Crippen molar-refractivity contribution >= 4 is 33.9 Å². The molecule has 4 heteroatoms. The van der Waals surface area contributed by atoms with Crippen LogP contribution in [0, 0.1) is 2.88 Å².